The predicted molar refractivity (Wildman–Crippen MR) is 78.3 cm³/mol. The fourth-order valence-electron chi connectivity index (χ4n) is 2.28. The molecule has 1 aliphatic heterocycles. The molecule has 0 aromatic heterocycles. The van der Waals surface area contributed by atoms with E-state index >= 15 is 0 Å². The molecule has 20 heavy (non-hydrogen) atoms. The van der Waals surface area contributed by atoms with E-state index in [-0.39, 0.29) is 0 Å². The topological polar surface area (TPSA) is 49.4 Å². The SMILES string of the molecule is O=C(NCc1ccc(Cl)cc1)C(=O)N1CCCCCC1. The molecule has 0 saturated carbocycles. The Labute approximate surface area is 124 Å². The molecule has 0 aliphatic carbocycles. The number of hydrogen-bond acceptors (Lipinski definition) is 2. The summed E-state index contributed by atoms with van der Waals surface area (Å²) < 4.78 is 0. The maximum absolute atomic E-state index is 12.0. The van der Waals surface area contributed by atoms with Gasteiger partial charge in [0.15, 0.2) is 0 Å². The maximum atomic E-state index is 12.0. The van der Waals surface area contributed by atoms with Gasteiger partial charge in [-0.1, -0.05) is 36.6 Å². The molecule has 1 fully saturated rings. The molecule has 1 aromatic carbocycles. The van der Waals surface area contributed by atoms with Gasteiger partial charge >= 0.3 is 11.8 Å². The normalized spacial score (nSPS) is 15.6. The number of nitrogens with zero attached hydrogens (tertiary/aromatic N) is 1. The zero-order valence-electron chi connectivity index (χ0n) is 11.4. The molecule has 1 aromatic rings. The van der Waals surface area contributed by atoms with E-state index in [9.17, 15) is 9.59 Å². The minimum absolute atomic E-state index is 0.343. The van der Waals surface area contributed by atoms with Gasteiger partial charge in [0.05, 0.1) is 0 Å². The third kappa shape index (κ3) is 4.23. The molecule has 5 heteroatoms. The molecule has 1 aliphatic rings. The summed E-state index contributed by atoms with van der Waals surface area (Å²) in [6.07, 6.45) is 4.23. The molecule has 108 valence electrons. The first kappa shape index (κ1) is 14.9. The number of carbonyl (C=O) groups excluding carboxylic acids is 2. The first-order chi connectivity index (χ1) is 9.66. The monoisotopic (exact) mass is 294 g/mol. The third-order valence-electron chi connectivity index (χ3n) is 3.45. The van der Waals surface area contributed by atoms with Crippen molar-refractivity contribution in [3.8, 4) is 0 Å². The summed E-state index contributed by atoms with van der Waals surface area (Å²) >= 11 is 5.79. The van der Waals surface area contributed by atoms with E-state index in [4.69, 9.17) is 11.6 Å². The standard InChI is InChI=1S/C15H19ClN2O2/c16-13-7-5-12(6-8-13)11-17-14(19)15(20)18-9-3-1-2-4-10-18/h5-8H,1-4,9-11H2,(H,17,19). The van der Waals surface area contributed by atoms with Crippen LogP contribution in [0.4, 0.5) is 0 Å². The van der Waals surface area contributed by atoms with Gasteiger partial charge in [0.25, 0.3) is 0 Å². The summed E-state index contributed by atoms with van der Waals surface area (Å²) in [5.74, 6) is -0.942. The minimum atomic E-state index is -0.526. The molecule has 0 radical (unpaired) electrons. The van der Waals surface area contributed by atoms with E-state index in [0.29, 0.717) is 24.7 Å². The van der Waals surface area contributed by atoms with Gasteiger partial charge in [0.2, 0.25) is 0 Å². The minimum Gasteiger partial charge on any atom is -0.344 e. The van der Waals surface area contributed by atoms with Crippen LogP contribution in [0.1, 0.15) is 31.2 Å². The first-order valence-corrected chi connectivity index (χ1v) is 7.36. The van der Waals surface area contributed by atoms with Gasteiger partial charge < -0.3 is 10.2 Å². The molecule has 2 amide bonds. The fraction of sp³-hybridized carbons (Fsp3) is 0.467. The zero-order valence-corrected chi connectivity index (χ0v) is 12.2. The van der Waals surface area contributed by atoms with Crippen LogP contribution < -0.4 is 5.32 Å². The van der Waals surface area contributed by atoms with Crippen molar-refractivity contribution in [3.63, 3.8) is 0 Å². The molecule has 1 heterocycles. The van der Waals surface area contributed by atoms with Gasteiger partial charge in [-0.05, 0) is 30.5 Å². The lowest BCUT2D eigenvalue weighted by atomic mass is 10.2. The lowest BCUT2D eigenvalue weighted by Crippen LogP contribution is -2.43. The molecule has 0 bridgehead atoms. The number of benzene rings is 1. The van der Waals surface area contributed by atoms with Crippen LogP contribution in [0.3, 0.4) is 0 Å². The van der Waals surface area contributed by atoms with Crippen molar-refractivity contribution >= 4 is 23.4 Å². The number of halogens is 1. The zero-order chi connectivity index (χ0) is 14.4. The van der Waals surface area contributed by atoms with Crippen molar-refractivity contribution in [2.75, 3.05) is 13.1 Å². The maximum Gasteiger partial charge on any atom is 0.311 e. The second kappa shape index (κ2) is 7.29. The highest BCUT2D eigenvalue weighted by Crippen LogP contribution is 2.11. The van der Waals surface area contributed by atoms with Gasteiger partial charge in [0.1, 0.15) is 0 Å². The summed E-state index contributed by atoms with van der Waals surface area (Å²) in [5.41, 5.74) is 0.923. The number of nitrogens with one attached hydrogen (secondary N) is 1. The highest BCUT2D eigenvalue weighted by molar-refractivity contribution is 6.35. The lowest BCUT2D eigenvalue weighted by molar-refractivity contribution is -0.145. The molecule has 1 saturated heterocycles. The largest absolute Gasteiger partial charge is 0.344 e. The van der Waals surface area contributed by atoms with Crippen molar-refractivity contribution in [1.29, 1.82) is 0 Å². The summed E-state index contributed by atoms with van der Waals surface area (Å²) in [5, 5.41) is 3.32. The Balaban J connectivity index is 1.84. The van der Waals surface area contributed by atoms with E-state index in [0.717, 1.165) is 31.2 Å². The molecular weight excluding hydrogens is 276 g/mol. The van der Waals surface area contributed by atoms with E-state index in [1.165, 1.54) is 0 Å². The molecule has 0 spiro atoms. The Morgan fingerprint density at radius 3 is 2.25 bits per heavy atom. The van der Waals surface area contributed by atoms with Gasteiger partial charge in [-0.15, -0.1) is 0 Å². The lowest BCUT2D eigenvalue weighted by Gasteiger charge is -2.19. The summed E-state index contributed by atoms with van der Waals surface area (Å²) in [6, 6.07) is 7.19. The molecule has 0 atom stereocenters. The van der Waals surface area contributed by atoms with Crippen LogP contribution >= 0.6 is 11.6 Å². The molecule has 1 N–H and O–H groups in total. The Morgan fingerprint density at radius 2 is 1.65 bits per heavy atom. The Bertz CT molecular complexity index is 465. The van der Waals surface area contributed by atoms with E-state index < -0.39 is 11.8 Å². The van der Waals surface area contributed by atoms with Crippen LogP contribution in [0.5, 0.6) is 0 Å². The molecular formula is C15H19ClN2O2. The summed E-state index contributed by atoms with van der Waals surface area (Å²) in [7, 11) is 0. The van der Waals surface area contributed by atoms with Crippen molar-refractivity contribution < 1.29 is 9.59 Å². The predicted octanol–water partition coefficient (Wildman–Crippen LogP) is 2.36. The Hall–Kier alpha value is -1.55. The van der Waals surface area contributed by atoms with Crippen molar-refractivity contribution in [2.24, 2.45) is 0 Å². The number of likely N-dealkylation sites (tertiary alicyclic amines) is 1. The van der Waals surface area contributed by atoms with Crippen molar-refractivity contribution in [3.05, 3.63) is 34.9 Å². The van der Waals surface area contributed by atoms with Crippen molar-refractivity contribution in [2.45, 2.75) is 32.2 Å². The van der Waals surface area contributed by atoms with Crippen LogP contribution in [-0.2, 0) is 16.1 Å². The van der Waals surface area contributed by atoms with Gasteiger partial charge in [0, 0.05) is 24.7 Å². The Kier molecular flexibility index (Phi) is 5.41. The van der Waals surface area contributed by atoms with E-state index in [1.54, 1.807) is 17.0 Å². The van der Waals surface area contributed by atoms with Gasteiger partial charge in [-0.2, -0.15) is 0 Å². The highest BCUT2D eigenvalue weighted by Gasteiger charge is 2.22. The van der Waals surface area contributed by atoms with Crippen LogP contribution in [0.15, 0.2) is 24.3 Å². The Morgan fingerprint density at radius 1 is 1.05 bits per heavy atom. The van der Waals surface area contributed by atoms with E-state index in [2.05, 4.69) is 5.32 Å². The number of rotatable bonds is 2. The number of carbonyl (C=O) groups is 2. The van der Waals surface area contributed by atoms with E-state index in [1.807, 2.05) is 12.1 Å². The smallest absolute Gasteiger partial charge is 0.311 e. The first-order valence-electron chi connectivity index (χ1n) is 6.98. The number of amides is 2. The average molecular weight is 295 g/mol. The van der Waals surface area contributed by atoms with Crippen LogP contribution in [-0.4, -0.2) is 29.8 Å². The van der Waals surface area contributed by atoms with Crippen LogP contribution in [0.25, 0.3) is 0 Å². The third-order valence-corrected chi connectivity index (χ3v) is 3.71. The quantitative estimate of drug-likeness (QED) is 0.851. The van der Waals surface area contributed by atoms with Crippen molar-refractivity contribution in [1.82, 2.24) is 10.2 Å². The highest BCUT2D eigenvalue weighted by atomic mass is 35.5. The second-order valence-corrected chi connectivity index (χ2v) is 5.45. The van der Waals surface area contributed by atoms with Gasteiger partial charge in [-0.3, -0.25) is 9.59 Å². The fourth-order valence-corrected chi connectivity index (χ4v) is 2.40. The number of hydrogen-bond donors (Lipinski definition) is 1. The molecule has 4 nitrogen and oxygen atoms in total. The van der Waals surface area contributed by atoms with Gasteiger partial charge in [-0.25, -0.2) is 0 Å². The summed E-state index contributed by atoms with van der Waals surface area (Å²) in [6.45, 7) is 1.72. The molecule has 0 unspecified atom stereocenters. The second-order valence-electron chi connectivity index (χ2n) is 5.02. The van der Waals surface area contributed by atoms with Crippen LogP contribution in [0, 0.1) is 0 Å². The average Bonchev–Trinajstić information content (AvgIpc) is 2.74. The summed E-state index contributed by atoms with van der Waals surface area (Å²) in [4.78, 5) is 25.5. The van der Waals surface area contributed by atoms with Crippen LogP contribution in [0.2, 0.25) is 5.02 Å². The molecule has 2 rings (SSSR count).